The van der Waals surface area contributed by atoms with Gasteiger partial charge in [0.1, 0.15) is 0 Å². The molecule has 4 heteroatoms. The van der Waals surface area contributed by atoms with E-state index in [9.17, 15) is 0 Å². The van der Waals surface area contributed by atoms with Gasteiger partial charge in [0, 0.05) is 22.4 Å². The highest BCUT2D eigenvalue weighted by molar-refractivity contribution is 6.00. The minimum Gasteiger partial charge on any atom is -0.310 e. The quantitative estimate of drug-likeness (QED) is 0.160. The van der Waals surface area contributed by atoms with E-state index in [-0.39, 0.29) is 0 Å². The van der Waals surface area contributed by atoms with Crippen molar-refractivity contribution in [1.82, 2.24) is 15.0 Å². The SMILES string of the molecule is c1ccc(-c2ccc(-c3ccc(-c4nc(-c5ccccc5)nc(-c5ccc(-c6cccc7c6-c6ccccc6C76c7ccccc7N(c7ccccc7)c7ccccc76)cc5)n4)cc3)cc2)cc1. The second-order valence-electron chi connectivity index (χ2n) is 17.5. The lowest BCUT2D eigenvalue weighted by molar-refractivity contribution is 0.753. The molecule has 11 aromatic rings. The van der Waals surface area contributed by atoms with Crippen LogP contribution in [0.15, 0.2) is 255 Å². The van der Waals surface area contributed by atoms with Gasteiger partial charge in [-0.1, -0.05) is 231 Å². The number of hydrogen-bond acceptors (Lipinski definition) is 4. The largest absolute Gasteiger partial charge is 0.310 e. The van der Waals surface area contributed by atoms with Crippen LogP contribution >= 0.6 is 0 Å². The second-order valence-corrected chi connectivity index (χ2v) is 17.5. The van der Waals surface area contributed by atoms with Gasteiger partial charge in [0.25, 0.3) is 0 Å². The van der Waals surface area contributed by atoms with Crippen molar-refractivity contribution in [2.75, 3.05) is 4.90 Å². The summed E-state index contributed by atoms with van der Waals surface area (Å²) >= 11 is 0. The molecule has 1 aliphatic heterocycles. The predicted octanol–water partition coefficient (Wildman–Crippen LogP) is 16.0. The molecule has 4 nitrogen and oxygen atoms in total. The summed E-state index contributed by atoms with van der Waals surface area (Å²) < 4.78 is 0. The van der Waals surface area contributed by atoms with E-state index in [0.717, 1.165) is 39.1 Å². The summed E-state index contributed by atoms with van der Waals surface area (Å²) in [6.07, 6.45) is 0. The highest BCUT2D eigenvalue weighted by Gasteiger charge is 2.52. The molecule has 10 aromatic carbocycles. The van der Waals surface area contributed by atoms with Crippen LogP contribution in [0, 0.1) is 0 Å². The molecule has 13 rings (SSSR count). The zero-order valence-electron chi connectivity index (χ0n) is 37.0. The van der Waals surface area contributed by atoms with Crippen LogP contribution in [0.1, 0.15) is 22.3 Å². The highest BCUT2D eigenvalue weighted by Crippen LogP contribution is 2.64. The van der Waals surface area contributed by atoms with Crippen molar-refractivity contribution in [2.24, 2.45) is 0 Å². The molecule has 1 aromatic heterocycles. The molecule has 0 radical (unpaired) electrons. The highest BCUT2D eigenvalue weighted by atomic mass is 15.2. The lowest BCUT2D eigenvalue weighted by Gasteiger charge is -2.45. The summed E-state index contributed by atoms with van der Waals surface area (Å²) in [6.45, 7) is 0. The number of hydrogen-bond donors (Lipinski definition) is 0. The Labute approximate surface area is 396 Å². The Morgan fingerprint density at radius 3 is 1.13 bits per heavy atom. The van der Waals surface area contributed by atoms with E-state index in [4.69, 9.17) is 15.0 Å². The molecule has 0 amide bonds. The number of benzene rings is 10. The molecule has 2 heterocycles. The molecule has 0 N–H and O–H groups in total. The van der Waals surface area contributed by atoms with Gasteiger partial charge in [0.2, 0.25) is 0 Å². The van der Waals surface area contributed by atoms with Crippen LogP contribution in [-0.2, 0) is 5.41 Å². The van der Waals surface area contributed by atoms with Gasteiger partial charge in [-0.25, -0.2) is 15.0 Å². The van der Waals surface area contributed by atoms with Crippen LogP contribution in [0.5, 0.6) is 0 Å². The summed E-state index contributed by atoms with van der Waals surface area (Å²) in [5.41, 5.74) is 20.4. The van der Waals surface area contributed by atoms with Gasteiger partial charge in [0.05, 0.1) is 16.8 Å². The molecule has 2 aliphatic rings. The number of aromatic nitrogens is 3. The first-order valence-electron chi connectivity index (χ1n) is 23.2. The Kier molecular flexibility index (Phi) is 9.36. The van der Waals surface area contributed by atoms with Crippen LogP contribution in [0.2, 0.25) is 0 Å². The molecule has 1 aliphatic carbocycles. The van der Waals surface area contributed by atoms with Crippen LogP contribution in [0.4, 0.5) is 17.1 Å². The molecule has 0 fully saturated rings. The average Bonchev–Trinajstić information content (AvgIpc) is 3.72. The van der Waals surface area contributed by atoms with Crippen molar-refractivity contribution in [3.05, 3.63) is 277 Å². The van der Waals surface area contributed by atoms with Gasteiger partial charge in [-0.3, -0.25) is 0 Å². The van der Waals surface area contributed by atoms with Crippen molar-refractivity contribution in [3.63, 3.8) is 0 Å². The summed E-state index contributed by atoms with van der Waals surface area (Å²) in [4.78, 5) is 17.7. The van der Waals surface area contributed by atoms with E-state index >= 15 is 0 Å². The van der Waals surface area contributed by atoms with Crippen LogP contribution < -0.4 is 4.90 Å². The Morgan fingerprint density at radius 1 is 0.250 bits per heavy atom. The first-order chi connectivity index (χ1) is 33.7. The third kappa shape index (κ3) is 6.34. The fourth-order valence-corrected chi connectivity index (χ4v) is 10.7. The van der Waals surface area contributed by atoms with Gasteiger partial charge in [-0.05, 0) is 91.0 Å². The summed E-state index contributed by atoms with van der Waals surface area (Å²) in [5.74, 6) is 1.89. The molecule has 318 valence electrons. The van der Waals surface area contributed by atoms with Gasteiger partial charge < -0.3 is 4.90 Å². The van der Waals surface area contributed by atoms with E-state index in [1.165, 1.54) is 61.4 Å². The van der Waals surface area contributed by atoms with E-state index < -0.39 is 5.41 Å². The zero-order chi connectivity index (χ0) is 45.0. The topological polar surface area (TPSA) is 41.9 Å². The fraction of sp³-hybridized carbons (Fsp3) is 0.0156. The van der Waals surface area contributed by atoms with Crippen molar-refractivity contribution < 1.29 is 0 Å². The minimum absolute atomic E-state index is 0.527. The molecular formula is C64H42N4. The molecule has 0 saturated carbocycles. The lowest BCUT2D eigenvalue weighted by Crippen LogP contribution is -2.36. The minimum atomic E-state index is -0.527. The van der Waals surface area contributed by atoms with Crippen molar-refractivity contribution >= 4 is 17.1 Å². The van der Waals surface area contributed by atoms with Crippen LogP contribution in [-0.4, -0.2) is 15.0 Å². The summed E-state index contributed by atoms with van der Waals surface area (Å²) in [6, 6.07) is 91.2. The van der Waals surface area contributed by atoms with Crippen molar-refractivity contribution in [3.8, 4) is 78.7 Å². The molecule has 0 saturated heterocycles. The van der Waals surface area contributed by atoms with Gasteiger partial charge >= 0.3 is 0 Å². The van der Waals surface area contributed by atoms with Crippen LogP contribution in [0.25, 0.3) is 78.7 Å². The summed E-state index contributed by atoms with van der Waals surface area (Å²) in [5, 5.41) is 0. The molecule has 0 unspecified atom stereocenters. The average molecular weight is 867 g/mol. The number of fused-ring (bicyclic) bond motifs is 9. The monoisotopic (exact) mass is 866 g/mol. The number of nitrogens with zero attached hydrogens (tertiary/aromatic N) is 4. The fourth-order valence-electron chi connectivity index (χ4n) is 10.7. The first-order valence-corrected chi connectivity index (χ1v) is 23.2. The third-order valence-electron chi connectivity index (χ3n) is 13.8. The smallest absolute Gasteiger partial charge is 0.164 e. The third-order valence-corrected chi connectivity index (χ3v) is 13.8. The molecule has 0 bridgehead atoms. The number of rotatable bonds is 7. The first kappa shape index (κ1) is 39.4. The zero-order valence-corrected chi connectivity index (χ0v) is 37.0. The van der Waals surface area contributed by atoms with E-state index in [0.29, 0.717) is 17.5 Å². The van der Waals surface area contributed by atoms with Crippen molar-refractivity contribution in [2.45, 2.75) is 5.41 Å². The van der Waals surface area contributed by atoms with Crippen molar-refractivity contribution in [1.29, 1.82) is 0 Å². The normalized spacial score (nSPS) is 12.8. The number of anilines is 3. The predicted molar refractivity (Wildman–Crippen MR) is 278 cm³/mol. The number of para-hydroxylation sites is 3. The van der Waals surface area contributed by atoms with Crippen LogP contribution in [0.3, 0.4) is 0 Å². The Morgan fingerprint density at radius 2 is 0.603 bits per heavy atom. The Hall–Kier alpha value is -8.99. The van der Waals surface area contributed by atoms with Gasteiger partial charge in [-0.15, -0.1) is 0 Å². The maximum absolute atomic E-state index is 5.14. The van der Waals surface area contributed by atoms with Gasteiger partial charge in [-0.2, -0.15) is 0 Å². The van der Waals surface area contributed by atoms with Gasteiger partial charge in [0.15, 0.2) is 17.5 Å². The Bertz CT molecular complexity index is 3600. The van der Waals surface area contributed by atoms with E-state index in [2.05, 4.69) is 235 Å². The maximum atomic E-state index is 5.14. The molecule has 68 heavy (non-hydrogen) atoms. The maximum Gasteiger partial charge on any atom is 0.164 e. The lowest BCUT2D eigenvalue weighted by atomic mass is 9.64. The second kappa shape index (κ2) is 16.2. The molecule has 1 spiro atoms. The molecule has 0 atom stereocenters. The standard InChI is InChI=1S/C64H42N4/c1-4-17-43(18-5-1)44-31-33-45(34-32-44)46-35-39-49(40-36-46)62-65-61(48-19-6-2-7-20-48)66-63(67-62)50-41-37-47(38-42-50)52-24-16-28-57-60(52)53-23-10-11-25-54(53)64(57)55-26-12-14-29-58(55)68(51-21-8-3-9-22-51)59-30-15-13-27-56(59)64/h1-42H. The molecular weight excluding hydrogens is 825 g/mol. The Balaban J connectivity index is 0.895. The van der Waals surface area contributed by atoms with E-state index in [1.54, 1.807) is 0 Å². The van der Waals surface area contributed by atoms with E-state index in [1.807, 2.05) is 24.3 Å². The summed E-state index contributed by atoms with van der Waals surface area (Å²) in [7, 11) is 0.